The smallest absolute Gasteiger partial charge is 0.279 e. The van der Waals surface area contributed by atoms with Crippen LogP contribution in [0.5, 0.6) is 5.75 Å². The third-order valence-electron chi connectivity index (χ3n) is 4.88. The van der Waals surface area contributed by atoms with Crippen LogP contribution in [-0.2, 0) is 9.53 Å². The van der Waals surface area contributed by atoms with Crippen LogP contribution in [0.4, 0.5) is 11.4 Å². The zero-order valence-electron chi connectivity index (χ0n) is 17.7. The van der Waals surface area contributed by atoms with Crippen LogP contribution >= 0.6 is 0 Å². The first kappa shape index (κ1) is 21.8. The van der Waals surface area contributed by atoms with E-state index < -0.39 is 0 Å². The first-order valence-electron chi connectivity index (χ1n) is 10.4. The van der Waals surface area contributed by atoms with Crippen molar-refractivity contribution in [2.45, 2.75) is 33.0 Å². The van der Waals surface area contributed by atoms with E-state index in [1.54, 1.807) is 36.4 Å². The van der Waals surface area contributed by atoms with Crippen molar-refractivity contribution >= 4 is 23.2 Å². The van der Waals surface area contributed by atoms with E-state index in [9.17, 15) is 9.59 Å². The van der Waals surface area contributed by atoms with Crippen LogP contribution < -0.4 is 20.3 Å². The standard InChI is InChI=1S/C23H29N3O4/c1-4-29-21-11-9-20(10-12-21)25-23(28)18-5-7-19(8-6-18)24-22(27)15-26-13-16(2)30-17(3)14-26/h5-12,16-17H,4,13-15H2,1-3H3,(H,24,27)(H,25,28)/p+1/t16-,17-/m1/s1. The average Bonchev–Trinajstić information content (AvgIpc) is 2.69. The van der Waals surface area contributed by atoms with Gasteiger partial charge in [0.1, 0.15) is 31.0 Å². The predicted molar refractivity (Wildman–Crippen MR) is 116 cm³/mol. The molecular weight excluding hydrogens is 382 g/mol. The normalized spacial score (nSPS) is 21.0. The Labute approximate surface area is 177 Å². The molecule has 30 heavy (non-hydrogen) atoms. The minimum absolute atomic E-state index is 0.0436. The van der Waals surface area contributed by atoms with Gasteiger partial charge in [-0.25, -0.2) is 0 Å². The molecule has 2 aromatic rings. The van der Waals surface area contributed by atoms with Gasteiger partial charge in [0.25, 0.3) is 11.8 Å². The predicted octanol–water partition coefficient (Wildman–Crippen LogP) is 1.97. The second-order valence-electron chi connectivity index (χ2n) is 7.63. The van der Waals surface area contributed by atoms with Crippen LogP contribution in [0.1, 0.15) is 31.1 Å². The molecule has 160 valence electrons. The van der Waals surface area contributed by atoms with E-state index in [0.29, 0.717) is 30.1 Å². The first-order chi connectivity index (χ1) is 14.4. The number of nitrogens with one attached hydrogen (secondary N) is 3. The Bertz CT molecular complexity index is 842. The van der Waals surface area contributed by atoms with Gasteiger partial charge in [-0.1, -0.05) is 0 Å². The summed E-state index contributed by atoms with van der Waals surface area (Å²) in [5, 5.41) is 5.76. The van der Waals surface area contributed by atoms with Crippen LogP contribution in [0.3, 0.4) is 0 Å². The molecule has 0 bridgehead atoms. The lowest BCUT2D eigenvalue weighted by molar-refractivity contribution is -0.907. The molecule has 0 radical (unpaired) electrons. The molecule has 1 aliphatic heterocycles. The number of hydrogen-bond acceptors (Lipinski definition) is 4. The molecule has 7 heteroatoms. The minimum atomic E-state index is -0.210. The Balaban J connectivity index is 1.51. The van der Waals surface area contributed by atoms with Crippen molar-refractivity contribution in [3.8, 4) is 5.75 Å². The number of carbonyl (C=O) groups excluding carboxylic acids is 2. The van der Waals surface area contributed by atoms with Crippen molar-refractivity contribution in [2.75, 3.05) is 36.9 Å². The molecule has 1 fully saturated rings. The molecular formula is C23H30N3O4+. The summed E-state index contributed by atoms with van der Waals surface area (Å²) in [6, 6.07) is 14.1. The molecule has 1 heterocycles. The van der Waals surface area contributed by atoms with Crippen molar-refractivity contribution in [2.24, 2.45) is 0 Å². The molecule has 3 N–H and O–H groups in total. The number of carbonyl (C=O) groups is 2. The number of rotatable bonds is 7. The third-order valence-corrected chi connectivity index (χ3v) is 4.88. The topological polar surface area (TPSA) is 81.1 Å². The maximum Gasteiger partial charge on any atom is 0.279 e. The number of amides is 2. The number of benzene rings is 2. The Morgan fingerprint density at radius 1 is 0.967 bits per heavy atom. The number of morpholine rings is 1. The zero-order chi connectivity index (χ0) is 21.5. The van der Waals surface area contributed by atoms with E-state index in [2.05, 4.69) is 10.6 Å². The Kier molecular flexibility index (Phi) is 7.43. The van der Waals surface area contributed by atoms with Crippen molar-refractivity contribution in [1.29, 1.82) is 0 Å². The van der Waals surface area contributed by atoms with Crippen LogP contribution in [-0.4, -0.2) is 50.3 Å². The highest BCUT2D eigenvalue weighted by molar-refractivity contribution is 6.04. The van der Waals surface area contributed by atoms with Crippen molar-refractivity contribution in [1.82, 2.24) is 0 Å². The monoisotopic (exact) mass is 412 g/mol. The number of hydrogen-bond donors (Lipinski definition) is 3. The molecule has 7 nitrogen and oxygen atoms in total. The molecule has 0 unspecified atom stereocenters. The molecule has 2 aromatic carbocycles. The van der Waals surface area contributed by atoms with Gasteiger partial charge in [0.05, 0.1) is 6.61 Å². The molecule has 0 spiro atoms. The van der Waals surface area contributed by atoms with Crippen molar-refractivity contribution < 1.29 is 24.0 Å². The fourth-order valence-electron chi connectivity index (χ4n) is 3.68. The molecule has 0 aromatic heterocycles. The Hall–Kier alpha value is -2.90. The van der Waals surface area contributed by atoms with Crippen LogP contribution in [0, 0.1) is 0 Å². The van der Waals surface area contributed by atoms with Gasteiger partial charge in [0.15, 0.2) is 6.54 Å². The summed E-state index contributed by atoms with van der Waals surface area (Å²) in [7, 11) is 0. The van der Waals surface area contributed by atoms with E-state index in [4.69, 9.17) is 9.47 Å². The minimum Gasteiger partial charge on any atom is -0.494 e. The summed E-state index contributed by atoms with van der Waals surface area (Å²) in [4.78, 5) is 26.0. The highest BCUT2D eigenvalue weighted by Crippen LogP contribution is 2.17. The summed E-state index contributed by atoms with van der Waals surface area (Å²) >= 11 is 0. The first-order valence-corrected chi connectivity index (χ1v) is 10.4. The summed E-state index contributed by atoms with van der Waals surface area (Å²) in [6.07, 6.45) is 0.314. The summed E-state index contributed by atoms with van der Waals surface area (Å²) < 4.78 is 11.1. The molecule has 0 aliphatic carbocycles. The third kappa shape index (κ3) is 6.30. The molecule has 0 saturated carbocycles. The van der Waals surface area contributed by atoms with Gasteiger partial charge in [-0.3, -0.25) is 9.59 Å². The van der Waals surface area contributed by atoms with E-state index in [1.165, 1.54) is 4.90 Å². The SMILES string of the molecule is CCOc1ccc(NC(=O)c2ccc(NC(=O)C[NH+]3C[C@@H](C)O[C@H](C)C3)cc2)cc1. The van der Waals surface area contributed by atoms with Gasteiger partial charge >= 0.3 is 0 Å². The highest BCUT2D eigenvalue weighted by Gasteiger charge is 2.27. The molecule has 3 rings (SSSR count). The van der Waals surface area contributed by atoms with E-state index in [-0.39, 0.29) is 24.0 Å². The lowest BCUT2D eigenvalue weighted by Gasteiger charge is -2.31. The van der Waals surface area contributed by atoms with Crippen molar-refractivity contribution in [3.63, 3.8) is 0 Å². The van der Waals surface area contributed by atoms with Crippen molar-refractivity contribution in [3.05, 3.63) is 54.1 Å². The Morgan fingerprint density at radius 3 is 2.13 bits per heavy atom. The second kappa shape index (κ2) is 10.2. The molecule has 1 aliphatic rings. The molecule has 2 amide bonds. The van der Waals surface area contributed by atoms with Crippen LogP contribution in [0.2, 0.25) is 0 Å². The fourth-order valence-corrected chi connectivity index (χ4v) is 3.68. The summed E-state index contributed by atoms with van der Waals surface area (Å²) in [6.45, 7) is 8.63. The van der Waals surface area contributed by atoms with Gasteiger partial charge in [-0.05, 0) is 69.3 Å². The van der Waals surface area contributed by atoms with Crippen LogP contribution in [0.15, 0.2) is 48.5 Å². The zero-order valence-corrected chi connectivity index (χ0v) is 17.7. The maximum absolute atomic E-state index is 12.4. The number of ether oxygens (including phenoxy) is 2. The Morgan fingerprint density at radius 2 is 1.53 bits per heavy atom. The van der Waals surface area contributed by atoms with Gasteiger partial charge in [0, 0.05) is 16.9 Å². The van der Waals surface area contributed by atoms with E-state index >= 15 is 0 Å². The van der Waals surface area contributed by atoms with Gasteiger partial charge in [0.2, 0.25) is 0 Å². The van der Waals surface area contributed by atoms with Crippen LogP contribution in [0.25, 0.3) is 0 Å². The molecule has 2 atom stereocenters. The van der Waals surface area contributed by atoms with E-state index in [0.717, 1.165) is 18.8 Å². The lowest BCUT2D eigenvalue weighted by Crippen LogP contribution is -3.16. The van der Waals surface area contributed by atoms with Gasteiger partial charge < -0.3 is 25.0 Å². The van der Waals surface area contributed by atoms with Gasteiger partial charge in [-0.2, -0.15) is 0 Å². The number of anilines is 2. The molecule has 1 saturated heterocycles. The second-order valence-corrected chi connectivity index (χ2v) is 7.63. The average molecular weight is 413 g/mol. The largest absolute Gasteiger partial charge is 0.494 e. The summed E-state index contributed by atoms with van der Waals surface area (Å²) in [5.74, 6) is 0.508. The highest BCUT2D eigenvalue weighted by atomic mass is 16.5. The van der Waals surface area contributed by atoms with Gasteiger partial charge in [-0.15, -0.1) is 0 Å². The summed E-state index contributed by atoms with van der Waals surface area (Å²) in [5.41, 5.74) is 1.88. The maximum atomic E-state index is 12.4. The number of quaternary nitrogens is 1. The quantitative estimate of drug-likeness (QED) is 0.650. The lowest BCUT2D eigenvalue weighted by atomic mass is 10.2. The fraction of sp³-hybridized carbons (Fsp3) is 0.391. The van der Waals surface area contributed by atoms with E-state index in [1.807, 2.05) is 32.9 Å².